The standard InChI is InChI=1S/C29H30N2O6/c1-34-23-12-10-19(11-13-23)27-28(26(32)24-8-4-5-9-25(24)37-27)35-14-6-2-3-7-15-36-29(33)20-16-21(30)18-22(31)17-20/h4-5,8-13,16-18H,2-3,6-7,14-15,30-31H2,1H3. The number of nitrogen functional groups attached to an aromatic ring is 2. The van der Waals surface area contributed by atoms with Crippen molar-refractivity contribution in [3.8, 4) is 22.8 Å². The zero-order valence-electron chi connectivity index (χ0n) is 20.7. The van der Waals surface area contributed by atoms with Gasteiger partial charge in [0, 0.05) is 16.9 Å². The monoisotopic (exact) mass is 502 g/mol. The Morgan fingerprint density at radius 1 is 0.865 bits per heavy atom. The molecule has 0 saturated heterocycles. The summed E-state index contributed by atoms with van der Waals surface area (Å²) in [5.74, 6) is 0.841. The average molecular weight is 503 g/mol. The molecule has 0 amide bonds. The van der Waals surface area contributed by atoms with Gasteiger partial charge < -0.3 is 30.1 Å². The van der Waals surface area contributed by atoms with Gasteiger partial charge in [0.15, 0.2) is 5.76 Å². The van der Waals surface area contributed by atoms with Crippen molar-refractivity contribution in [1.82, 2.24) is 0 Å². The molecule has 8 nitrogen and oxygen atoms in total. The predicted octanol–water partition coefficient (Wildman–Crippen LogP) is 5.43. The number of hydrogen-bond donors (Lipinski definition) is 2. The minimum absolute atomic E-state index is 0.194. The number of fused-ring (bicyclic) bond motifs is 1. The molecule has 0 unspecified atom stereocenters. The maximum atomic E-state index is 13.2. The summed E-state index contributed by atoms with van der Waals surface area (Å²) in [5.41, 5.74) is 13.6. The summed E-state index contributed by atoms with van der Waals surface area (Å²) in [6.07, 6.45) is 3.12. The molecular formula is C29H30N2O6. The Balaban J connectivity index is 1.31. The number of hydrogen-bond acceptors (Lipinski definition) is 8. The molecule has 0 fully saturated rings. The second kappa shape index (κ2) is 12.0. The van der Waals surface area contributed by atoms with Crippen LogP contribution in [-0.4, -0.2) is 26.3 Å². The normalized spacial score (nSPS) is 10.8. The maximum absolute atomic E-state index is 13.2. The van der Waals surface area contributed by atoms with Gasteiger partial charge >= 0.3 is 5.97 Å². The van der Waals surface area contributed by atoms with Crippen LogP contribution in [0.5, 0.6) is 11.5 Å². The maximum Gasteiger partial charge on any atom is 0.338 e. The summed E-state index contributed by atoms with van der Waals surface area (Å²) >= 11 is 0. The summed E-state index contributed by atoms with van der Waals surface area (Å²) in [7, 11) is 1.60. The highest BCUT2D eigenvalue weighted by Crippen LogP contribution is 2.32. The van der Waals surface area contributed by atoms with Gasteiger partial charge in [-0.05, 0) is 80.3 Å². The van der Waals surface area contributed by atoms with Crippen molar-refractivity contribution in [2.24, 2.45) is 0 Å². The van der Waals surface area contributed by atoms with Crippen molar-refractivity contribution in [3.63, 3.8) is 0 Å². The van der Waals surface area contributed by atoms with E-state index in [0.717, 1.165) is 24.8 Å². The van der Waals surface area contributed by atoms with E-state index in [2.05, 4.69) is 0 Å². The number of nitrogens with two attached hydrogens (primary N) is 2. The quantitative estimate of drug-likeness (QED) is 0.158. The third-order valence-electron chi connectivity index (χ3n) is 5.84. The van der Waals surface area contributed by atoms with Gasteiger partial charge in [0.2, 0.25) is 11.2 Å². The lowest BCUT2D eigenvalue weighted by molar-refractivity contribution is 0.0497. The van der Waals surface area contributed by atoms with Crippen LogP contribution in [0.15, 0.2) is 75.9 Å². The van der Waals surface area contributed by atoms with Crippen LogP contribution in [-0.2, 0) is 4.74 Å². The van der Waals surface area contributed by atoms with E-state index in [4.69, 9.17) is 30.1 Å². The number of methoxy groups -OCH3 is 1. The predicted molar refractivity (Wildman–Crippen MR) is 144 cm³/mol. The van der Waals surface area contributed by atoms with E-state index in [1.165, 1.54) is 0 Å². The van der Waals surface area contributed by atoms with Crippen molar-refractivity contribution in [2.75, 3.05) is 31.8 Å². The molecule has 37 heavy (non-hydrogen) atoms. The van der Waals surface area contributed by atoms with Gasteiger partial charge in [0.05, 0.1) is 31.3 Å². The lowest BCUT2D eigenvalue weighted by Gasteiger charge is -2.12. The molecule has 3 aromatic carbocycles. The van der Waals surface area contributed by atoms with Gasteiger partial charge in [-0.1, -0.05) is 12.1 Å². The summed E-state index contributed by atoms with van der Waals surface area (Å²) < 4.78 is 22.6. The fourth-order valence-corrected chi connectivity index (χ4v) is 3.96. The smallest absolute Gasteiger partial charge is 0.338 e. The molecule has 0 radical (unpaired) electrons. The Kier molecular flexibility index (Phi) is 8.30. The molecule has 8 heteroatoms. The first kappa shape index (κ1) is 25.6. The largest absolute Gasteiger partial charge is 0.497 e. The van der Waals surface area contributed by atoms with E-state index in [-0.39, 0.29) is 11.2 Å². The summed E-state index contributed by atoms with van der Waals surface area (Å²) in [6.45, 7) is 0.652. The topological polar surface area (TPSA) is 127 Å². The third kappa shape index (κ3) is 6.41. The van der Waals surface area contributed by atoms with Gasteiger partial charge in [-0.15, -0.1) is 0 Å². The Morgan fingerprint density at radius 3 is 2.24 bits per heavy atom. The summed E-state index contributed by atoms with van der Waals surface area (Å²) in [4.78, 5) is 25.4. The van der Waals surface area contributed by atoms with Crippen LogP contribution < -0.4 is 26.4 Å². The molecule has 1 heterocycles. The van der Waals surface area contributed by atoms with Crippen LogP contribution >= 0.6 is 0 Å². The molecule has 0 aliphatic rings. The fourth-order valence-electron chi connectivity index (χ4n) is 3.96. The summed E-state index contributed by atoms with van der Waals surface area (Å²) in [6, 6.07) is 19.1. The number of unbranched alkanes of at least 4 members (excludes halogenated alkanes) is 3. The van der Waals surface area contributed by atoms with E-state index in [9.17, 15) is 9.59 Å². The zero-order valence-corrected chi connectivity index (χ0v) is 20.7. The minimum Gasteiger partial charge on any atom is -0.497 e. The average Bonchev–Trinajstić information content (AvgIpc) is 2.90. The van der Waals surface area contributed by atoms with Gasteiger partial charge in [-0.25, -0.2) is 4.79 Å². The second-order valence-corrected chi connectivity index (χ2v) is 8.60. The van der Waals surface area contributed by atoms with E-state index in [1.807, 2.05) is 30.3 Å². The minimum atomic E-state index is -0.448. The van der Waals surface area contributed by atoms with Crippen LogP contribution in [0.1, 0.15) is 36.0 Å². The number of carbonyl (C=O) groups is 1. The molecule has 1 aromatic heterocycles. The summed E-state index contributed by atoms with van der Waals surface area (Å²) in [5, 5.41) is 0.471. The highest BCUT2D eigenvalue weighted by atomic mass is 16.5. The Labute approximate surface area is 214 Å². The van der Waals surface area contributed by atoms with Crippen molar-refractivity contribution in [1.29, 1.82) is 0 Å². The second-order valence-electron chi connectivity index (χ2n) is 8.60. The number of ether oxygens (including phenoxy) is 3. The first-order valence-corrected chi connectivity index (χ1v) is 12.1. The van der Waals surface area contributed by atoms with Crippen molar-refractivity contribution in [3.05, 3.63) is 82.5 Å². The molecule has 4 N–H and O–H groups in total. The van der Waals surface area contributed by atoms with Crippen molar-refractivity contribution >= 4 is 28.3 Å². The number of esters is 1. The molecule has 192 valence electrons. The number of benzene rings is 3. The van der Waals surface area contributed by atoms with Crippen LogP contribution in [0.4, 0.5) is 11.4 Å². The Hall–Kier alpha value is -4.46. The lowest BCUT2D eigenvalue weighted by Crippen LogP contribution is -2.11. The molecule has 4 aromatic rings. The molecule has 0 aliphatic carbocycles. The van der Waals surface area contributed by atoms with E-state index < -0.39 is 5.97 Å². The van der Waals surface area contributed by atoms with Crippen LogP contribution in [0, 0.1) is 0 Å². The van der Waals surface area contributed by atoms with Gasteiger partial charge in [0.25, 0.3) is 0 Å². The van der Waals surface area contributed by atoms with Gasteiger partial charge in [0.1, 0.15) is 11.3 Å². The molecule has 4 rings (SSSR count). The highest BCUT2D eigenvalue weighted by molar-refractivity contribution is 5.91. The van der Waals surface area contributed by atoms with Gasteiger partial charge in [-0.2, -0.15) is 0 Å². The van der Waals surface area contributed by atoms with Crippen molar-refractivity contribution in [2.45, 2.75) is 25.7 Å². The van der Waals surface area contributed by atoms with Crippen LogP contribution in [0.3, 0.4) is 0 Å². The molecule has 0 bridgehead atoms. The molecular weight excluding hydrogens is 472 g/mol. The first-order valence-electron chi connectivity index (χ1n) is 12.1. The van der Waals surface area contributed by atoms with Crippen LogP contribution in [0.25, 0.3) is 22.3 Å². The Bertz CT molecular complexity index is 1410. The molecule has 0 atom stereocenters. The molecule has 0 spiro atoms. The van der Waals surface area contributed by atoms with Crippen LogP contribution in [0.2, 0.25) is 0 Å². The third-order valence-corrected chi connectivity index (χ3v) is 5.84. The zero-order chi connectivity index (χ0) is 26.2. The number of rotatable bonds is 11. The SMILES string of the molecule is COc1ccc(-c2oc3ccccc3c(=O)c2OCCCCCCOC(=O)c2cc(N)cc(N)c2)cc1. The lowest BCUT2D eigenvalue weighted by atomic mass is 10.1. The molecule has 0 aliphatic heterocycles. The Morgan fingerprint density at radius 2 is 1.54 bits per heavy atom. The number of carbonyl (C=O) groups excluding carboxylic acids is 1. The number of para-hydroxylation sites is 1. The van der Waals surface area contributed by atoms with E-state index in [1.54, 1.807) is 43.5 Å². The van der Waals surface area contributed by atoms with Gasteiger partial charge in [-0.3, -0.25) is 4.79 Å². The van der Waals surface area contributed by atoms with Crippen molar-refractivity contribution < 1.29 is 23.4 Å². The number of anilines is 2. The first-order chi connectivity index (χ1) is 18.0. The van der Waals surface area contributed by atoms with E-state index in [0.29, 0.717) is 59.1 Å². The molecule has 0 saturated carbocycles. The highest BCUT2D eigenvalue weighted by Gasteiger charge is 2.17. The fraction of sp³-hybridized carbons (Fsp3) is 0.241. The van der Waals surface area contributed by atoms with E-state index >= 15 is 0 Å².